The topological polar surface area (TPSA) is 44.3 Å². The molecule has 0 bridgehead atoms. The van der Waals surface area contributed by atoms with Gasteiger partial charge in [0.1, 0.15) is 5.01 Å². The fourth-order valence-corrected chi connectivity index (χ4v) is 3.95. The van der Waals surface area contributed by atoms with E-state index in [-0.39, 0.29) is 0 Å². The maximum Gasteiger partial charge on any atom is 0.205 e. The quantitative estimate of drug-likeness (QED) is 0.909. The van der Waals surface area contributed by atoms with E-state index in [0.717, 1.165) is 29.3 Å². The number of aromatic nitrogens is 2. The summed E-state index contributed by atoms with van der Waals surface area (Å²) in [5.74, 6) is 0. The summed E-state index contributed by atoms with van der Waals surface area (Å²) in [4.78, 5) is 5.22. The molecule has 0 amide bonds. The third kappa shape index (κ3) is 3.24. The molecule has 1 N–H and O–H groups in total. The Labute approximate surface area is 119 Å². The highest BCUT2D eigenvalue weighted by Crippen LogP contribution is 2.23. The number of hydrogen-bond acceptors (Lipinski definition) is 6. The monoisotopic (exact) mass is 281 g/mol. The second-order valence-corrected chi connectivity index (χ2v) is 6.51. The Balaban J connectivity index is 1.54. The first-order chi connectivity index (χ1) is 9.35. The molecule has 0 saturated carbocycles. The maximum absolute atomic E-state index is 4.28. The number of nitrogens with zero attached hydrogens (tertiary/aromatic N) is 4. The fraction of sp³-hybridized carbons (Fsp3) is 0.846. The molecule has 3 heterocycles. The van der Waals surface area contributed by atoms with Gasteiger partial charge in [0.15, 0.2) is 0 Å². The van der Waals surface area contributed by atoms with Crippen molar-refractivity contribution >= 4 is 16.5 Å². The third-order valence-corrected chi connectivity index (χ3v) is 4.94. The fourth-order valence-electron chi connectivity index (χ4n) is 3.10. The Morgan fingerprint density at radius 3 is 3.11 bits per heavy atom. The van der Waals surface area contributed by atoms with Crippen LogP contribution in [0.15, 0.2) is 0 Å². The zero-order valence-electron chi connectivity index (χ0n) is 11.6. The predicted molar refractivity (Wildman–Crippen MR) is 78.6 cm³/mol. The first-order valence-corrected chi connectivity index (χ1v) is 8.19. The van der Waals surface area contributed by atoms with Crippen molar-refractivity contribution in [1.82, 2.24) is 20.0 Å². The van der Waals surface area contributed by atoms with Crippen LogP contribution in [0.2, 0.25) is 0 Å². The van der Waals surface area contributed by atoms with Gasteiger partial charge < -0.3 is 5.32 Å². The summed E-state index contributed by atoms with van der Waals surface area (Å²) >= 11 is 1.69. The van der Waals surface area contributed by atoms with Crippen LogP contribution in [-0.2, 0) is 6.54 Å². The summed E-state index contributed by atoms with van der Waals surface area (Å²) in [7, 11) is 0. The SMILES string of the molecule is CCNc1nnc(CN2CCN3CCCCC3C2)s1. The maximum atomic E-state index is 4.28. The van der Waals surface area contributed by atoms with E-state index in [9.17, 15) is 0 Å². The molecule has 2 saturated heterocycles. The third-order valence-electron chi connectivity index (χ3n) is 4.08. The molecule has 1 aromatic rings. The number of hydrogen-bond donors (Lipinski definition) is 1. The van der Waals surface area contributed by atoms with Gasteiger partial charge in [-0.2, -0.15) is 0 Å². The van der Waals surface area contributed by atoms with Crippen LogP contribution in [0.25, 0.3) is 0 Å². The minimum atomic E-state index is 0.781. The van der Waals surface area contributed by atoms with Crippen molar-refractivity contribution in [2.24, 2.45) is 0 Å². The van der Waals surface area contributed by atoms with Crippen molar-refractivity contribution < 1.29 is 0 Å². The van der Waals surface area contributed by atoms with Crippen molar-refractivity contribution in [2.45, 2.75) is 38.8 Å². The van der Waals surface area contributed by atoms with E-state index in [1.165, 1.54) is 45.4 Å². The van der Waals surface area contributed by atoms with Crippen LogP contribution in [0.4, 0.5) is 5.13 Å². The number of anilines is 1. The Hall–Kier alpha value is -0.720. The van der Waals surface area contributed by atoms with Crippen LogP contribution < -0.4 is 5.32 Å². The average molecular weight is 281 g/mol. The van der Waals surface area contributed by atoms with E-state index >= 15 is 0 Å². The van der Waals surface area contributed by atoms with Gasteiger partial charge in [-0.3, -0.25) is 9.80 Å². The lowest BCUT2D eigenvalue weighted by molar-refractivity contribution is 0.0455. The highest BCUT2D eigenvalue weighted by Gasteiger charge is 2.29. The lowest BCUT2D eigenvalue weighted by atomic mass is 9.99. The largest absolute Gasteiger partial charge is 0.360 e. The van der Waals surface area contributed by atoms with E-state index in [1.54, 1.807) is 11.3 Å². The molecule has 1 aromatic heterocycles. The van der Waals surface area contributed by atoms with E-state index in [2.05, 4.69) is 32.2 Å². The molecule has 2 aliphatic rings. The highest BCUT2D eigenvalue weighted by molar-refractivity contribution is 7.15. The van der Waals surface area contributed by atoms with Crippen molar-refractivity contribution in [3.05, 3.63) is 5.01 Å². The smallest absolute Gasteiger partial charge is 0.205 e. The highest BCUT2D eigenvalue weighted by atomic mass is 32.1. The van der Waals surface area contributed by atoms with E-state index in [1.807, 2.05) is 0 Å². The number of piperidine rings is 1. The summed E-state index contributed by atoms with van der Waals surface area (Å²) in [6.07, 6.45) is 4.16. The molecular weight excluding hydrogens is 258 g/mol. The van der Waals surface area contributed by atoms with Crippen LogP contribution in [0.3, 0.4) is 0 Å². The molecule has 0 aromatic carbocycles. The molecule has 6 heteroatoms. The van der Waals surface area contributed by atoms with Gasteiger partial charge in [0, 0.05) is 32.2 Å². The molecule has 0 aliphatic carbocycles. The summed E-state index contributed by atoms with van der Waals surface area (Å²) < 4.78 is 0. The predicted octanol–water partition coefficient (Wildman–Crippen LogP) is 1.64. The van der Waals surface area contributed by atoms with Gasteiger partial charge in [-0.1, -0.05) is 17.8 Å². The van der Waals surface area contributed by atoms with Crippen molar-refractivity contribution in [2.75, 3.05) is 38.0 Å². The Morgan fingerprint density at radius 1 is 1.26 bits per heavy atom. The van der Waals surface area contributed by atoms with Gasteiger partial charge in [-0.05, 0) is 26.3 Å². The van der Waals surface area contributed by atoms with E-state index in [4.69, 9.17) is 0 Å². The molecule has 2 aliphatic heterocycles. The molecule has 106 valence electrons. The van der Waals surface area contributed by atoms with Gasteiger partial charge in [0.05, 0.1) is 6.54 Å². The molecule has 1 unspecified atom stereocenters. The first-order valence-electron chi connectivity index (χ1n) is 7.38. The van der Waals surface area contributed by atoms with Crippen LogP contribution in [0.5, 0.6) is 0 Å². The van der Waals surface area contributed by atoms with E-state index < -0.39 is 0 Å². The standard InChI is InChI=1S/C13H23N5S/c1-2-14-13-16-15-12(19-13)10-17-7-8-18-6-4-3-5-11(18)9-17/h11H,2-10H2,1H3,(H,14,16). The zero-order chi connectivity index (χ0) is 13.1. The van der Waals surface area contributed by atoms with Gasteiger partial charge >= 0.3 is 0 Å². The lowest BCUT2D eigenvalue weighted by Gasteiger charge is -2.43. The molecule has 1 atom stereocenters. The first kappa shape index (κ1) is 13.3. The number of rotatable bonds is 4. The number of fused-ring (bicyclic) bond motifs is 1. The normalized spacial score (nSPS) is 25.2. The second-order valence-electron chi connectivity index (χ2n) is 5.45. The van der Waals surface area contributed by atoms with Gasteiger partial charge in [0.25, 0.3) is 0 Å². The van der Waals surface area contributed by atoms with Crippen molar-refractivity contribution in [3.63, 3.8) is 0 Å². The molecule has 0 spiro atoms. The van der Waals surface area contributed by atoms with Crippen LogP contribution >= 0.6 is 11.3 Å². The molecule has 2 fully saturated rings. The second kappa shape index (κ2) is 6.15. The Bertz CT molecular complexity index is 407. The molecule has 0 radical (unpaired) electrons. The van der Waals surface area contributed by atoms with E-state index in [0.29, 0.717) is 0 Å². The minimum absolute atomic E-state index is 0.781. The summed E-state index contributed by atoms with van der Waals surface area (Å²) in [5, 5.41) is 13.8. The summed E-state index contributed by atoms with van der Waals surface area (Å²) in [5.41, 5.74) is 0. The number of nitrogens with one attached hydrogen (secondary N) is 1. The summed E-state index contributed by atoms with van der Waals surface area (Å²) in [6.45, 7) is 8.88. The van der Waals surface area contributed by atoms with Gasteiger partial charge in [0.2, 0.25) is 5.13 Å². The molecule has 5 nitrogen and oxygen atoms in total. The molecule has 19 heavy (non-hydrogen) atoms. The minimum Gasteiger partial charge on any atom is -0.360 e. The zero-order valence-corrected chi connectivity index (χ0v) is 12.5. The molecule has 3 rings (SSSR count). The Kier molecular flexibility index (Phi) is 4.30. The molecular formula is C13H23N5S. The van der Waals surface area contributed by atoms with Crippen molar-refractivity contribution in [1.29, 1.82) is 0 Å². The van der Waals surface area contributed by atoms with Crippen LogP contribution in [-0.4, -0.2) is 58.8 Å². The van der Waals surface area contributed by atoms with Gasteiger partial charge in [-0.15, -0.1) is 10.2 Å². The lowest BCUT2D eigenvalue weighted by Crippen LogP contribution is -2.54. The van der Waals surface area contributed by atoms with Crippen molar-refractivity contribution in [3.8, 4) is 0 Å². The van der Waals surface area contributed by atoms with Crippen LogP contribution in [0, 0.1) is 0 Å². The van der Waals surface area contributed by atoms with Crippen LogP contribution in [0.1, 0.15) is 31.2 Å². The number of piperazine rings is 1. The van der Waals surface area contributed by atoms with Gasteiger partial charge in [-0.25, -0.2) is 0 Å². The Morgan fingerprint density at radius 2 is 2.21 bits per heavy atom. The average Bonchev–Trinajstić information content (AvgIpc) is 2.86. The summed E-state index contributed by atoms with van der Waals surface area (Å²) in [6, 6.07) is 0.781.